The highest BCUT2D eigenvalue weighted by atomic mass is 16.3. The first-order chi connectivity index (χ1) is 8.94. The van der Waals surface area contributed by atoms with Crippen molar-refractivity contribution in [2.75, 3.05) is 0 Å². The largest absolute Gasteiger partial charge is 0.393 e. The van der Waals surface area contributed by atoms with Crippen molar-refractivity contribution in [3.8, 4) is 0 Å². The molecular weight excluding hydrogens is 236 g/mol. The average Bonchev–Trinajstić information content (AvgIpc) is 2.76. The lowest BCUT2D eigenvalue weighted by Crippen LogP contribution is -2.20. The molecule has 19 heavy (non-hydrogen) atoms. The summed E-state index contributed by atoms with van der Waals surface area (Å²) in [6.07, 6.45) is 9.84. The van der Waals surface area contributed by atoms with Gasteiger partial charge in [0.05, 0.1) is 17.8 Å². The molecular formula is C16H28N2O. The van der Waals surface area contributed by atoms with E-state index in [0.717, 1.165) is 12.1 Å². The highest BCUT2D eigenvalue weighted by Crippen LogP contribution is 2.28. The van der Waals surface area contributed by atoms with Crippen molar-refractivity contribution < 1.29 is 5.11 Å². The fourth-order valence-electron chi connectivity index (χ4n) is 3.06. The molecule has 0 bridgehead atoms. The van der Waals surface area contributed by atoms with E-state index < -0.39 is 0 Å². The van der Waals surface area contributed by atoms with Gasteiger partial charge < -0.3 is 5.11 Å². The van der Waals surface area contributed by atoms with E-state index in [1.54, 1.807) is 0 Å². The topological polar surface area (TPSA) is 38.0 Å². The number of rotatable bonds is 4. The van der Waals surface area contributed by atoms with Crippen molar-refractivity contribution in [1.29, 1.82) is 0 Å². The van der Waals surface area contributed by atoms with Gasteiger partial charge in [-0.05, 0) is 30.7 Å². The van der Waals surface area contributed by atoms with Gasteiger partial charge in [0.25, 0.3) is 0 Å². The maximum Gasteiger partial charge on any atom is 0.0650 e. The Kier molecular flexibility index (Phi) is 4.67. The van der Waals surface area contributed by atoms with Crippen LogP contribution in [-0.2, 0) is 6.42 Å². The van der Waals surface area contributed by atoms with Crippen molar-refractivity contribution in [2.24, 2.45) is 5.41 Å². The lowest BCUT2D eigenvalue weighted by molar-refractivity contribution is 0.120. The van der Waals surface area contributed by atoms with Gasteiger partial charge in [0, 0.05) is 12.6 Å². The number of aromatic nitrogens is 2. The van der Waals surface area contributed by atoms with Gasteiger partial charge in [-0.15, -0.1) is 0 Å². The molecule has 2 rings (SSSR count). The maximum atomic E-state index is 10.1. The summed E-state index contributed by atoms with van der Waals surface area (Å²) in [5, 5.41) is 14.8. The van der Waals surface area contributed by atoms with E-state index in [1.807, 2.05) is 0 Å². The number of nitrogens with zero attached hydrogens (tertiary/aromatic N) is 2. The Morgan fingerprint density at radius 2 is 2.00 bits per heavy atom. The first-order valence-electron chi connectivity index (χ1n) is 7.66. The molecule has 0 radical (unpaired) electrons. The zero-order chi connectivity index (χ0) is 13.9. The summed E-state index contributed by atoms with van der Waals surface area (Å²) in [5.41, 5.74) is 1.20. The molecule has 3 heteroatoms. The van der Waals surface area contributed by atoms with Crippen LogP contribution in [0.1, 0.15) is 71.0 Å². The van der Waals surface area contributed by atoms with Crippen molar-refractivity contribution >= 4 is 0 Å². The monoisotopic (exact) mass is 264 g/mol. The molecule has 1 saturated carbocycles. The van der Waals surface area contributed by atoms with Crippen LogP contribution in [0.3, 0.4) is 0 Å². The van der Waals surface area contributed by atoms with Crippen molar-refractivity contribution in [3.63, 3.8) is 0 Å². The Morgan fingerprint density at radius 3 is 2.63 bits per heavy atom. The van der Waals surface area contributed by atoms with Gasteiger partial charge in [0.1, 0.15) is 0 Å². The molecule has 3 nitrogen and oxygen atoms in total. The lowest BCUT2D eigenvalue weighted by Gasteiger charge is -2.22. The van der Waals surface area contributed by atoms with Crippen LogP contribution in [0.5, 0.6) is 0 Å². The highest BCUT2D eigenvalue weighted by Gasteiger charge is 2.19. The van der Waals surface area contributed by atoms with Gasteiger partial charge in [-0.2, -0.15) is 5.10 Å². The number of hydrogen-bond donors (Lipinski definition) is 1. The van der Waals surface area contributed by atoms with Crippen LogP contribution in [0.15, 0.2) is 12.3 Å². The summed E-state index contributed by atoms with van der Waals surface area (Å²) >= 11 is 0. The summed E-state index contributed by atoms with van der Waals surface area (Å²) in [6.45, 7) is 6.49. The highest BCUT2D eigenvalue weighted by molar-refractivity contribution is 5.02. The Bertz CT molecular complexity index is 386. The van der Waals surface area contributed by atoms with E-state index in [9.17, 15) is 5.11 Å². The number of hydrogen-bond acceptors (Lipinski definition) is 2. The molecule has 1 aliphatic carbocycles. The lowest BCUT2D eigenvalue weighted by atomic mass is 9.88. The first-order valence-corrected chi connectivity index (χ1v) is 7.66. The number of aliphatic hydroxyl groups excluding tert-OH is 1. The minimum atomic E-state index is -0.283. The molecule has 1 fully saturated rings. The summed E-state index contributed by atoms with van der Waals surface area (Å²) in [7, 11) is 0. The Labute approximate surface area is 117 Å². The van der Waals surface area contributed by atoms with E-state index in [0.29, 0.717) is 12.5 Å². The summed E-state index contributed by atoms with van der Waals surface area (Å²) in [4.78, 5) is 0. The molecule has 1 N–H and O–H groups in total. The molecule has 1 unspecified atom stereocenters. The first kappa shape index (κ1) is 14.6. The summed E-state index contributed by atoms with van der Waals surface area (Å²) < 4.78 is 2.12. The smallest absolute Gasteiger partial charge is 0.0650 e. The fourth-order valence-corrected chi connectivity index (χ4v) is 3.06. The van der Waals surface area contributed by atoms with Crippen LogP contribution in [-0.4, -0.2) is 21.0 Å². The number of aliphatic hydroxyl groups is 1. The molecule has 1 heterocycles. The second kappa shape index (κ2) is 6.08. The van der Waals surface area contributed by atoms with Crippen molar-refractivity contribution in [3.05, 3.63) is 18.0 Å². The second-order valence-electron chi connectivity index (χ2n) is 7.20. The van der Waals surface area contributed by atoms with Crippen LogP contribution in [0.2, 0.25) is 0 Å². The standard InChI is InChI=1S/C16H28N2O/c1-16(2,3)12-15(19)11-13-9-10-18(17-13)14-7-5-4-6-8-14/h9-10,14-15,19H,4-8,11-12H2,1-3H3. The molecule has 1 atom stereocenters. The maximum absolute atomic E-state index is 10.1. The van der Waals surface area contributed by atoms with Crippen LogP contribution in [0.4, 0.5) is 0 Å². The van der Waals surface area contributed by atoms with E-state index in [2.05, 4.69) is 42.8 Å². The van der Waals surface area contributed by atoms with Gasteiger partial charge in [0.15, 0.2) is 0 Å². The van der Waals surface area contributed by atoms with Gasteiger partial charge in [-0.1, -0.05) is 40.0 Å². The SMILES string of the molecule is CC(C)(C)CC(O)Cc1ccn(C2CCCCC2)n1. The molecule has 108 valence electrons. The van der Waals surface area contributed by atoms with Gasteiger partial charge >= 0.3 is 0 Å². The molecule has 0 amide bonds. The van der Waals surface area contributed by atoms with Crippen LogP contribution < -0.4 is 0 Å². The minimum Gasteiger partial charge on any atom is -0.393 e. The normalized spacial score (nSPS) is 19.6. The Hall–Kier alpha value is -0.830. The third kappa shape index (κ3) is 4.64. The van der Waals surface area contributed by atoms with E-state index in [4.69, 9.17) is 0 Å². The third-order valence-corrected chi connectivity index (χ3v) is 3.91. The summed E-state index contributed by atoms with van der Waals surface area (Å²) in [6, 6.07) is 2.66. The summed E-state index contributed by atoms with van der Waals surface area (Å²) in [5.74, 6) is 0. The predicted octanol–water partition coefficient (Wildman–Crippen LogP) is 3.73. The molecule has 0 aromatic carbocycles. The third-order valence-electron chi connectivity index (χ3n) is 3.91. The van der Waals surface area contributed by atoms with Crippen molar-refractivity contribution in [2.45, 2.75) is 77.9 Å². The van der Waals surface area contributed by atoms with Crippen LogP contribution in [0.25, 0.3) is 0 Å². The zero-order valence-corrected chi connectivity index (χ0v) is 12.6. The van der Waals surface area contributed by atoms with Gasteiger partial charge in [-0.3, -0.25) is 4.68 Å². The second-order valence-corrected chi connectivity index (χ2v) is 7.20. The molecule has 0 spiro atoms. The van der Waals surface area contributed by atoms with Gasteiger partial charge in [0.2, 0.25) is 0 Å². The van der Waals surface area contributed by atoms with E-state index in [1.165, 1.54) is 32.1 Å². The molecule has 1 aromatic rings. The van der Waals surface area contributed by atoms with Crippen molar-refractivity contribution in [1.82, 2.24) is 9.78 Å². The quantitative estimate of drug-likeness (QED) is 0.900. The van der Waals surface area contributed by atoms with Gasteiger partial charge in [-0.25, -0.2) is 0 Å². The Morgan fingerprint density at radius 1 is 1.32 bits per heavy atom. The molecule has 0 saturated heterocycles. The fraction of sp³-hybridized carbons (Fsp3) is 0.812. The zero-order valence-electron chi connectivity index (χ0n) is 12.6. The van der Waals surface area contributed by atoms with Crippen LogP contribution >= 0.6 is 0 Å². The molecule has 1 aromatic heterocycles. The molecule has 1 aliphatic rings. The average molecular weight is 264 g/mol. The predicted molar refractivity (Wildman–Crippen MR) is 78.1 cm³/mol. The van der Waals surface area contributed by atoms with E-state index >= 15 is 0 Å². The van der Waals surface area contributed by atoms with E-state index in [-0.39, 0.29) is 11.5 Å². The van der Waals surface area contributed by atoms with Crippen LogP contribution in [0, 0.1) is 5.41 Å². The molecule has 0 aliphatic heterocycles. The minimum absolute atomic E-state index is 0.172. The Balaban J connectivity index is 1.89.